The molecule has 0 saturated carbocycles. The molecule has 1 heterocycles. The van der Waals surface area contributed by atoms with Crippen molar-refractivity contribution >= 4 is 5.82 Å². The number of alkyl halides is 2. The van der Waals surface area contributed by atoms with Crippen LogP contribution >= 0.6 is 0 Å². The Balaban J connectivity index is 2.96. The van der Waals surface area contributed by atoms with Gasteiger partial charge in [-0.25, -0.2) is 13.8 Å². The van der Waals surface area contributed by atoms with E-state index in [1.54, 1.807) is 0 Å². The summed E-state index contributed by atoms with van der Waals surface area (Å²) >= 11 is 0. The SMILES string of the molecule is Nc1cccc(C(F)F)n1. The molecule has 0 amide bonds. The molecule has 0 atom stereocenters. The fraction of sp³-hybridized carbons (Fsp3) is 0.167. The molecule has 0 fully saturated rings. The van der Waals surface area contributed by atoms with Gasteiger partial charge in [0.2, 0.25) is 0 Å². The van der Waals surface area contributed by atoms with E-state index in [0.717, 1.165) is 0 Å². The van der Waals surface area contributed by atoms with Crippen molar-refractivity contribution < 1.29 is 8.78 Å². The molecule has 54 valence electrons. The van der Waals surface area contributed by atoms with Crippen LogP contribution in [0.3, 0.4) is 0 Å². The van der Waals surface area contributed by atoms with Crippen LogP contribution in [0.1, 0.15) is 12.1 Å². The van der Waals surface area contributed by atoms with Crippen molar-refractivity contribution in [2.45, 2.75) is 6.43 Å². The first-order valence-corrected chi connectivity index (χ1v) is 2.71. The molecule has 0 bridgehead atoms. The zero-order valence-corrected chi connectivity index (χ0v) is 5.09. The Labute approximate surface area is 56.7 Å². The maximum absolute atomic E-state index is 11.8. The summed E-state index contributed by atoms with van der Waals surface area (Å²) in [5.74, 6) is 0.123. The van der Waals surface area contributed by atoms with Crippen LogP contribution in [0.4, 0.5) is 14.6 Å². The van der Waals surface area contributed by atoms with E-state index in [-0.39, 0.29) is 11.5 Å². The van der Waals surface area contributed by atoms with Gasteiger partial charge in [-0.3, -0.25) is 0 Å². The Bertz CT molecular complexity index is 225. The first-order chi connectivity index (χ1) is 4.70. The van der Waals surface area contributed by atoms with Gasteiger partial charge in [0.25, 0.3) is 6.43 Å². The number of hydrogen-bond acceptors (Lipinski definition) is 2. The van der Waals surface area contributed by atoms with Gasteiger partial charge < -0.3 is 5.73 Å². The van der Waals surface area contributed by atoms with Gasteiger partial charge in [0.15, 0.2) is 0 Å². The third kappa shape index (κ3) is 1.40. The Morgan fingerprint density at radius 2 is 2.10 bits per heavy atom. The smallest absolute Gasteiger partial charge is 0.280 e. The van der Waals surface area contributed by atoms with Gasteiger partial charge in [-0.2, -0.15) is 0 Å². The van der Waals surface area contributed by atoms with Gasteiger partial charge in [-0.1, -0.05) is 6.07 Å². The lowest BCUT2D eigenvalue weighted by molar-refractivity contribution is 0.146. The number of aromatic nitrogens is 1. The fourth-order valence-electron chi connectivity index (χ4n) is 0.590. The van der Waals surface area contributed by atoms with E-state index in [1.165, 1.54) is 18.2 Å². The molecular formula is C6H6F2N2. The number of halogens is 2. The van der Waals surface area contributed by atoms with Crippen LogP contribution in [-0.2, 0) is 0 Å². The number of hydrogen-bond donors (Lipinski definition) is 1. The van der Waals surface area contributed by atoms with Crippen molar-refractivity contribution in [2.75, 3.05) is 5.73 Å². The molecule has 0 saturated heterocycles. The predicted molar refractivity (Wildman–Crippen MR) is 33.6 cm³/mol. The van der Waals surface area contributed by atoms with Gasteiger partial charge >= 0.3 is 0 Å². The van der Waals surface area contributed by atoms with Crippen LogP contribution in [0.25, 0.3) is 0 Å². The Morgan fingerprint density at radius 3 is 2.50 bits per heavy atom. The van der Waals surface area contributed by atoms with Crippen LogP contribution < -0.4 is 5.73 Å². The first kappa shape index (κ1) is 6.92. The zero-order chi connectivity index (χ0) is 7.56. The number of pyridine rings is 1. The molecule has 0 aliphatic carbocycles. The topological polar surface area (TPSA) is 38.9 Å². The van der Waals surface area contributed by atoms with Crippen LogP contribution in [0.15, 0.2) is 18.2 Å². The van der Waals surface area contributed by atoms with Crippen LogP contribution in [0, 0.1) is 0 Å². The van der Waals surface area contributed by atoms with Gasteiger partial charge in [-0.05, 0) is 12.1 Å². The van der Waals surface area contributed by atoms with Crippen molar-refractivity contribution in [3.8, 4) is 0 Å². The van der Waals surface area contributed by atoms with Gasteiger partial charge in [-0.15, -0.1) is 0 Å². The van der Waals surface area contributed by atoms with Crippen LogP contribution in [0.2, 0.25) is 0 Å². The second-order valence-electron chi connectivity index (χ2n) is 1.79. The summed E-state index contributed by atoms with van der Waals surface area (Å²) in [5.41, 5.74) is 4.87. The molecule has 1 aromatic heterocycles. The molecule has 0 radical (unpaired) electrons. The summed E-state index contributed by atoms with van der Waals surface area (Å²) in [5, 5.41) is 0. The molecule has 0 unspecified atom stereocenters. The Kier molecular flexibility index (Phi) is 1.80. The number of nitrogens with two attached hydrogens (primary N) is 1. The van der Waals surface area contributed by atoms with E-state index in [9.17, 15) is 8.78 Å². The summed E-state index contributed by atoms with van der Waals surface area (Å²) in [7, 11) is 0. The molecule has 0 aliphatic rings. The van der Waals surface area contributed by atoms with Crippen molar-refractivity contribution in [1.82, 2.24) is 4.98 Å². The molecule has 1 rings (SSSR count). The number of anilines is 1. The average molecular weight is 144 g/mol. The van der Waals surface area contributed by atoms with Crippen molar-refractivity contribution in [1.29, 1.82) is 0 Å². The molecule has 2 nitrogen and oxygen atoms in total. The lowest BCUT2D eigenvalue weighted by Gasteiger charge is -1.97. The fourth-order valence-corrected chi connectivity index (χ4v) is 0.590. The minimum absolute atomic E-state index is 0.123. The van der Waals surface area contributed by atoms with E-state index in [2.05, 4.69) is 4.98 Å². The summed E-state index contributed by atoms with van der Waals surface area (Å²) in [6, 6.07) is 4.15. The number of nitrogens with zero attached hydrogens (tertiary/aromatic N) is 1. The lowest BCUT2D eigenvalue weighted by Crippen LogP contribution is -1.94. The minimum atomic E-state index is -2.54. The monoisotopic (exact) mass is 144 g/mol. The van der Waals surface area contributed by atoms with Gasteiger partial charge in [0, 0.05) is 0 Å². The second-order valence-corrected chi connectivity index (χ2v) is 1.79. The third-order valence-corrected chi connectivity index (χ3v) is 1.02. The summed E-state index contributed by atoms with van der Waals surface area (Å²) in [6.07, 6.45) is -2.54. The van der Waals surface area contributed by atoms with E-state index >= 15 is 0 Å². The van der Waals surface area contributed by atoms with E-state index in [4.69, 9.17) is 5.73 Å². The minimum Gasteiger partial charge on any atom is -0.384 e. The highest BCUT2D eigenvalue weighted by Gasteiger charge is 2.06. The quantitative estimate of drug-likeness (QED) is 0.650. The van der Waals surface area contributed by atoms with E-state index in [1.807, 2.05) is 0 Å². The molecule has 0 spiro atoms. The number of rotatable bonds is 1. The summed E-state index contributed by atoms with van der Waals surface area (Å²) in [4.78, 5) is 3.40. The highest BCUT2D eigenvalue weighted by molar-refractivity contribution is 5.28. The number of nitrogen functional groups attached to an aromatic ring is 1. The van der Waals surface area contributed by atoms with Crippen LogP contribution in [-0.4, -0.2) is 4.98 Å². The van der Waals surface area contributed by atoms with E-state index < -0.39 is 6.43 Å². The zero-order valence-electron chi connectivity index (χ0n) is 5.09. The highest BCUT2D eigenvalue weighted by Crippen LogP contribution is 2.16. The van der Waals surface area contributed by atoms with Crippen molar-refractivity contribution in [3.63, 3.8) is 0 Å². The van der Waals surface area contributed by atoms with Gasteiger partial charge in [0.1, 0.15) is 11.5 Å². The molecule has 2 N–H and O–H groups in total. The average Bonchev–Trinajstić information content (AvgIpc) is 1.88. The van der Waals surface area contributed by atoms with E-state index in [0.29, 0.717) is 0 Å². The largest absolute Gasteiger partial charge is 0.384 e. The highest BCUT2D eigenvalue weighted by atomic mass is 19.3. The summed E-state index contributed by atoms with van der Waals surface area (Å²) in [6.45, 7) is 0. The normalized spacial score (nSPS) is 10.3. The molecular weight excluding hydrogens is 138 g/mol. The second kappa shape index (κ2) is 2.60. The van der Waals surface area contributed by atoms with Crippen LogP contribution in [0.5, 0.6) is 0 Å². The lowest BCUT2D eigenvalue weighted by atomic mass is 10.3. The predicted octanol–water partition coefficient (Wildman–Crippen LogP) is 1.60. The Morgan fingerprint density at radius 1 is 1.40 bits per heavy atom. The Hall–Kier alpha value is -1.19. The van der Waals surface area contributed by atoms with Crippen molar-refractivity contribution in [2.24, 2.45) is 0 Å². The maximum Gasteiger partial charge on any atom is 0.280 e. The maximum atomic E-state index is 11.8. The molecule has 4 heteroatoms. The molecule has 1 aromatic rings. The molecule has 0 aromatic carbocycles. The first-order valence-electron chi connectivity index (χ1n) is 2.71. The van der Waals surface area contributed by atoms with Gasteiger partial charge in [0.05, 0.1) is 0 Å². The standard InChI is InChI=1S/C6H6F2N2/c7-6(8)4-2-1-3-5(9)10-4/h1-3,6H,(H2,9,10). The summed E-state index contributed by atoms with van der Waals surface area (Å²) < 4.78 is 23.7. The van der Waals surface area contributed by atoms with Crippen molar-refractivity contribution in [3.05, 3.63) is 23.9 Å². The molecule has 0 aliphatic heterocycles. The molecule has 10 heavy (non-hydrogen) atoms. The third-order valence-electron chi connectivity index (χ3n) is 1.02.